The summed E-state index contributed by atoms with van der Waals surface area (Å²) in [7, 11) is -8.27. The minimum atomic E-state index is -4.64. The van der Waals surface area contributed by atoms with Crippen LogP contribution in [0.15, 0.2) is 0 Å². The van der Waals surface area contributed by atoms with E-state index in [1.807, 2.05) is 0 Å². The van der Waals surface area contributed by atoms with E-state index in [2.05, 4.69) is 0 Å². The van der Waals surface area contributed by atoms with Gasteiger partial charge in [0.25, 0.3) is 7.72 Å². The molecule has 1 atom stereocenters. The van der Waals surface area contributed by atoms with Crippen molar-refractivity contribution in [1.29, 1.82) is 0 Å². The number of hydrogen-bond donors (Lipinski definition) is 3. The van der Waals surface area contributed by atoms with E-state index in [1.165, 1.54) is 0 Å². The summed E-state index contributed by atoms with van der Waals surface area (Å²) in [6.07, 6.45) is 0. The van der Waals surface area contributed by atoms with Gasteiger partial charge < -0.3 is 14.7 Å². The van der Waals surface area contributed by atoms with Crippen LogP contribution in [0.4, 0.5) is 0 Å². The molecule has 0 saturated heterocycles. The Hall–Kier alpha value is 0.340. The van der Waals surface area contributed by atoms with Gasteiger partial charge in [0, 0.05) is 0 Å². The van der Waals surface area contributed by atoms with Gasteiger partial charge in [0.05, 0.1) is 0 Å². The van der Waals surface area contributed by atoms with Crippen LogP contribution in [0.2, 0.25) is 0 Å². The third kappa shape index (κ3) is 2.97. The van der Waals surface area contributed by atoms with E-state index in [-0.39, 0.29) is 0 Å². The zero-order valence-electron chi connectivity index (χ0n) is 3.11. The molecule has 44 valence electrons. The fraction of sp³-hybridized carbons (Fsp3) is 0. The van der Waals surface area contributed by atoms with Gasteiger partial charge in [0.2, 0.25) is 0 Å². The highest BCUT2D eigenvalue weighted by molar-refractivity contribution is 8.19. The lowest BCUT2D eigenvalue weighted by atomic mass is 15.8. The fourth-order valence-corrected chi connectivity index (χ4v) is 0. The standard InChI is InChI=1S/H4O5P2/c1-6(2)7(3,4)5/h6H,(H,1,2)(H2,3,4,5). The van der Waals surface area contributed by atoms with E-state index in [0.29, 0.717) is 0 Å². The van der Waals surface area contributed by atoms with Gasteiger partial charge in [-0.25, -0.2) is 4.57 Å². The van der Waals surface area contributed by atoms with Crippen molar-refractivity contribution in [2.24, 2.45) is 0 Å². The first-order chi connectivity index (χ1) is 2.94. The van der Waals surface area contributed by atoms with E-state index < -0.39 is 15.0 Å². The summed E-state index contributed by atoms with van der Waals surface area (Å²) in [5.41, 5.74) is 0. The molecule has 7 heavy (non-hydrogen) atoms. The fourth-order valence-electron chi connectivity index (χ4n) is 0. The molecular formula is H4O5P2. The minimum Gasteiger partial charge on any atom is -0.338 e. The van der Waals surface area contributed by atoms with Crippen molar-refractivity contribution < 1.29 is 23.8 Å². The topological polar surface area (TPSA) is 94.8 Å². The quantitative estimate of drug-likeness (QED) is 0.435. The summed E-state index contributed by atoms with van der Waals surface area (Å²) in [6, 6.07) is 0. The van der Waals surface area contributed by atoms with Gasteiger partial charge >= 0.3 is 7.28 Å². The van der Waals surface area contributed by atoms with Crippen molar-refractivity contribution in [2.45, 2.75) is 0 Å². The zero-order chi connectivity index (χ0) is 6.08. The lowest BCUT2D eigenvalue weighted by Crippen LogP contribution is -1.64. The normalized spacial score (nSPS) is 16.4. The Kier molecular flexibility index (Phi) is 2.17. The molecule has 7 heteroatoms. The second-order valence-electron chi connectivity index (χ2n) is 0.827. The number of rotatable bonds is 1. The zero-order valence-corrected chi connectivity index (χ0v) is 5.00. The highest BCUT2D eigenvalue weighted by Gasteiger charge is 2.19. The van der Waals surface area contributed by atoms with Gasteiger partial charge in [-0.3, -0.25) is 4.57 Å². The molecule has 0 aliphatic carbocycles. The Bertz CT molecular complexity index is 118. The summed E-state index contributed by atoms with van der Waals surface area (Å²) in [5.74, 6) is 0. The Morgan fingerprint density at radius 2 is 1.57 bits per heavy atom. The Morgan fingerprint density at radius 3 is 1.57 bits per heavy atom. The van der Waals surface area contributed by atoms with Crippen LogP contribution in [0, 0.1) is 0 Å². The van der Waals surface area contributed by atoms with Crippen molar-refractivity contribution in [1.82, 2.24) is 0 Å². The molecule has 0 amide bonds. The SMILES string of the molecule is O=[PH](O)P(=O)(O)O. The lowest BCUT2D eigenvalue weighted by molar-refractivity contribution is 0.382. The Balaban J connectivity index is 4.09. The molecule has 0 aliphatic rings. The van der Waals surface area contributed by atoms with E-state index in [4.69, 9.17) is 14.7 Å². The molecule has 5 nitrogen and oxygen atoms in total. The van der Waals surface area contributed by atoms with E-state index in [9.17, 15) is 9.13 Å². The van der Waals surface area contributed by atoms with Gasteiger partial charge in [-0.15, -0.1) is 0 Å². The van der Waals surface area contributed by atoms with E-state index in [1.54, 1.807) is 0 Å². The average molecular weight is 146 g/mol. The molecule has 0 aromatic heterocycles. The molecule has 0 spiro atoms. The Morgan fingerprint density at radius 1 is 1.43 bits per heavy atom. The number of hydrogen-bond acceptors (Lipinski definition) is 2. The van der Waals surface area contributed by atoms with Crippen molar-refractivity contribution in [2.75, 3.05) is 0 Å². The molecule has 3 N–H and O–H groups in total. The molecule has 0 heterocycles. The molecule has 0 aromatic carbocycles. The molecular weight excluding hydrogens is 142 g/mol. The highest BCUT2D eigenvalue weighted by Crippen LogP contribution is 2.59. The average Bonchev–Trinajstić information content (AvgIpc) is 1.31. The van der Waals surface area contributed by atoms with Crippen molar-refractivity contribution >= 4 is 15.0 Å². The van der Waals surface area contributed by atoms with Gasteiger partial charge in [-0.2, -0.15) is 0 Å². The van der Waals surface area contributed by atoms with Crippen LogP contribution in [0.1, 0.15) is 0 Å². The highest BCUT2D eigenvalue weighted by atomic mass is 32.1. The second-order valence-corrected chi connectivity index (χ2v) is 5.38. The van der Waals surface area contributed by atoms with Gasteiger partial charge in [-0.1, -0.05) is 0 Å². The largest absolute Gasteiger partial charge is 0.404 e. The van der Waals surface area contributed by atoms with E-state index in [0.717, 1.165) is 0 Å². The lowest BCUT2D eigenvalue weighted by Gasteiger charge is -1.92. The summed E-state index contributed by atoms with van der Waals surface area (Å²) in [4.78, 5) is 23.0. The van der Waals surface area contributed by atoms with Crippen LogP contribution in [0.5, 0.6) is 0 Å². The first kappa shape index (κ1) is 7.34. The summed E-state index contributed by atoms with van der Waals surface area (Å²) >= 11 is 0. The molecule has 0 aliphatic heterocycles. The third-order valence-corrected chi connectivity index (χ3v) is 2.24. The van der Waals surface area contributed by atoms with Gasteiger partial charge in [-0.05, 0) is 0 Å². The minimum absolute atomic E-state index is 3.63. The van der Waals surface area contributed by atoms with Crippen LogP contribution in [-0.2, 0) is 9.13 Å². The summed E-state index contributed by atoms with van der Waals surface area (Å²) < 4.78 is 19.0. The maximum absolute atomic E-state index is 9.51. The maximum atomic E-state index is 9.51. The van der Waals surface area contributed by atoms with Crippen LogP contribution in [0.25, 0.3) is 0 Å². The van der Waals surface area contributed by atoms with E-state index >= 15 is 0 Å². The van der Waals surface area contributed by atoms with Crippen LogP contribution >= 0.6 is 15.0 Å². The van der Waals surface area contributed by atoms with Crippen molar-refractivity contribution in [3.63, 3.8) is 0 Å². The van der Waals surface area contributed by atoms with Crippen molar-refractivity contribution in [3.8, 4) is 0 Å². The molecule has 0 fully saturated rings. The molecule has 0 bridgehead atoms. The van der Waals surface area contributed by atoms with Gasteiger partial charge in [0.15, 0.2) is 0 Å². The molecule has 0 saturated carbocycles. The van der Waals surface area contributed by atoms with Crippen LogP contribution in [0.3, 0.4) is 0 Å². The summed E-state index contributed by atoms with van der Waals surface area (Å²) in [5, 5.41) is 0. The molecule has 0 rings (SSSR count). The molecule has 1 unspecified atom stereocenters. The molecule has 0 radical (unpaired) electrons. The van der Waals surface area contributed by atoms with Crippen molar-refractivity contribution in [3.05, 3.63) is 0 Å². The smallest absolute Gasteiger partial charge is 0.338 e. The predicted molar refractivity (Wildman–Crippen MR) is 23.3 cm³/mol. The van der Waals surface area contributed by atoms with Crippen LogP contribution < -0.4 is 0 Å². The maximum Gasteiger partial charge on any atom is 0.404 e. The second kappa shape index (κ2) is 2.07. The van der Waals surface area contributed by atoms with Crippen LogP contribution in [-0.4, -0.2) is 14.7 Å². The van der Waals surface area contributed by atoms with Gasteiger partial charge in [0.1, 0.15) is 0 Å². The molecule has 0 aromatic rings. The third-order valence-electron chi connectivity index (χ3n) is 0.249. The predicted octanol–water partition coefficient (Wildman–Crippen LogP) is -0.454. The Labute approximate surface area is 39.9 Å². The summed E-state index contributed by atoms with van der Waals surface area (Å²) in [6.45, 7) is 0. The first-order valence-corrected chi connectivity index (χ1v) is 5.04. The monoisotopic (exact) mass is 146 g/mol. The first-order valence-electron chi connectivity index (χ1n) is 1.23.